The van der Waals surface area contributed by atoms with Crippen LogP contribution in [0, 0.1) is 0 Å². The second-order valence-electron chi connectivity index (χ2n) is 4.48. The van der Waals surface area contributed by atoms with Crippen molar-refractivity contribution in [1.29, 1.82) is 0 Å². The monoisotopic (exact) mass is 237 g/mol. The first-order chi connectivity index (χ1) is 8.15. The van der Waals surface area contributed by atoms with E-state index >= 15 is 0 Å². The number of aliphatic hydroxyl groups is 1. The van der Waals surface area contributed by atoms with E-state index in [0.29, 0.717) is 13.2 Å². The van der Waals surface area contributed by atoms with Gasteiger partial charge in [0.1, 0.15) is 0 Å². The molecule has 0 aromatic heterocycles. The smallest absolute Gasteiger partial charge is 0.0900 e. The zero-order chi connectivity index (χ0) is 12.7. The van der Waals surface area contributed by atoms with Gasteiger partial charge in [0.25, 0.3) is 0 Å². The van der Waals surface area contributed by atoms with E-state index in [-0.39, 0.29) is 0 Å². The van der Waals surface area contributed by atoms with Gasteiger partial charge in [-0.3, -0.25) is 4.90 Å². The lowest BCUT2D eigenvalue weighted by molar-refractivity contribution is 0.0419. The number of aryl methyl sites for hydroxylation is 1. The van der Waals surface area contributed by atoms with Crippen LogP contribution < -0.4 is 0 Å². The fourth-order valence-electron chi connectivity index (χ4n) is 1.86. The number of aliphatic hydroxyl groups excluding tert-OH is 1. The molecule has 0 bridgehead atoms. The number of ether oxygens (including phenoxy) is 1. The maximum atomic E-state index is 9.61. The van der Waals surface area contributed by atoms with Crippen molar-refractivity contribution in [2.24, 2.45) is 0 Å². The van der Waals surface area contributed by atoms with Crippen molar-refractivity contribution in [3.63, 3.8) is 0 Å². The molecule has 0 saturated carbocycles. The maximum Gasteiger partial charge on any atom is 0.0900 e. The third kappa shape index (κ3) is 5.31. The summed E-state index contributed by atoms with van der Waals surface area (Å²) in [4.78, 5) is 2.10. The molecule has 3 nitrogen and oxygen atoms in total. The Morgan fingerprint density at radius 2 is 1.82 bits per heavy atom. The molecule has 0 fully saturated rings. The van der Waals surface area contributed by atoms with Crippen LogP contribution in [0.1, 0.15) is 18.1 Å². The van der Waals surface area contributed by atoms with Crippen LogP contribution in [-0.4, -0.2) is 43.4 Å². The Bertz CT molecular complexity index is 311. The second-order valence-corrected chi connectivity index (χ2v) is 4.48. The van der Waals surface area contributed by atoms with Gasteiger partial charge in [-0.1, -0.05) is 31.2 Å². The van der Waals surface area contributed by atoms with Gasteiger partial charge in [-0.05, 0) is 24.6 Å². The molecule has 0 aliphatic carbocycles. The highest BCUT2D eigenvalue weighted by atomic mass is 16.5. The minimum Gasteiger partial charge on any atom is -0.389 e. The van der Waals surface area contributed by atoms with Crippen LogP contribution in [0.15, 0.2) is 24.3 Å². The Kier molecular flexibility index (Phi) is 6.19. The van der Waals surface area contributed by atoms with E-state index in [0.717, 1.165) is 13.0 Å². The molecule has 1 unspecified atom stereocenters. The summed E-state index contributed by atoms with van der Waals surface area (Å²) in [6.07, 6.45) is 0.655. The molecule has 0 aliphatic heterocycles. The first kappa shape index (κ1) is 14.2. The second kappa shape index (κ2) is 7.43. The van der Waals surface area contributed by atoms with Crippen LogP contribution in [0.5, 0.6) is 0 Å². The average molecular weight is 237 g/mol. The molecular weight excluding hydrogens is 214 g/mol. The van der Waals surface area contributed by atoms with E-state index in [2.05, 4.69) is 36.1 Å². The fraction of sp³-hybridized carbons (Fsp3) is 0.571. The third-order valence-corrected chi connectivity index (χ3v) is 2.77. The number of hydrogen-bond donors (Lipinski definition) is 1. The first-order valence-electron chi connectivity index (χ1n) is 6.09. The molecular formula is C14H23NO2. The highest BCUT2D eigenvalue weighted by molar-refractivity contribution is 5.22. The summed E-state index contributed by atoms with van der Waals surface area (Å²) < 4.78 is 4.91. The summed E-state index contributed by atoms with van der Waals surface area (Å²) in [5.74, 6) is 0. The van der Waals surface area contributed by atoms with E-state index in [4.69, 9.17) is 4.74 Å². The average Bonchev–Trinajstić information content (AvgIpc) is 2.30. The lowest BCUT2D eigenvalue weighted by atomic mass is 10.1. The Morgan fingerprint density at radius 3 is 2.35 bits per heavy atom. The van der Waals surface area contributed by atoms with E-state index in [9.17, 15) is 5.11 Å². The molecule has 0 amide bonds. The summed E-state index contributed by atoms with van der Waals surface area (Å²) in [5, 5.41) is 9.61. The number of nitrogens with zero attached hydrogens (tertiary/aromatic N) is 1. The molecule has 17 heavy (non-hydrogen) atoms. The van der Waals surface area contributed by atoms with Crippen LogP contribution in [0.25, 0.3) is 0 Å². The fourth-order valence-corrected chi connectivity index (χ4v) is 1.86. The van der Waals surface area contributed by atoms with Gasteiger partial charge in [-0.15, -0.1) is 0 Å². The largest absolute Gasteiger partial charge is 0.389 e. The molecule has 0 heterocycles. The molecule has 1 atom stereocenters. The van der Waals surface area contributed by atoms with Crippen molar-refractivity contribution >= 4 is 0 Å². The van der Waals surface area contributed by atoms with Crippen LogP contribution in [0.2, 0.25) is 0 Å². The number of likely N-dealkylation sites (N-methyl/N-ethyl adjacent to an activating group) is 1. The van der Waals surface area contributed by atoms with E-state index in [1.54, 1.807) is 7.11 Å². The third-order valence-electron chi connectivity index (χ3n) is 2.77. The Labute approximate surface area is 104 Å². The summed E-state index contributed by atoms with van der Waals surface area (Å²) in [5.41, 5.74) is 2.63. The summed E-state index contributed by atoms with van der Waals surface area (Å²) in [7, 11) is 3.61. The van der Waals surface area contributed by atoms with Crippen molar-refractivity contribution in [3.8, 4) is 0 Å². The van der Waals surface area contributed by atoms with Crippen LogP contribution >= 0.6 is 0 Å². The van der Waals surface area contributed by atoms with Crippen molar-refractivity contribution in [3.05, 3.63) is 35.4 Å². The van der Waals surface area contributed by atoms with Crippen LogP contribution in [-0.2, 0) is 17.7 Å². The molecule has 96 valence electrons. The Hall–Kier alpha value is -0.900. The molecule has 3 heteroatoms. The van der Waals surface area contributed by atoms with Gasteiger partial charge in [-0.2, -0.15) is 0 Å². The molecule has 0 aliphatic rings. The minimum atomic E-state index is -0.417. The highest BCUT2D eigenvalue weighted by Crippen LogP contribution is 2.07. The van der Waals surface area contributed by atoms with Crippen molar-refractivity contribution in [2.75, 3.05) is 27.3 Å². The number of hydrogen-bond acceptors (Lipinski definition) is 3. The zero-order valence-corrected chi connectivity index (χ0v) is 11.0. The Morgan fingerprint density at radius 1 is 1.24 bits per heavy atom. The SMILES string of the molecule is CCc1ccc(CN(C)CC(O)COC)cc1. The van der Waals surface area contributed by atoms with Gasteiger partial charge in [0.15, 0.2) is 0 Å². The van der Waals surface area contributed by atoms with E-state index < -0.39 is 6.10 Å². The number of benzene rings is 1. The lowest BCUT2D eigenvalue weighted by Crippen LogP contribution is -2.31. The molecule has 0 radical (unpaired) electrons. The van der Waals surface area contributed by atoms with E-state index in [1.807, 2.05) is 7.05 Å². The predicted molar refractivity (Wildman–Crippen MR) is 70.0 cm³/mol. The van der Waals surface area contributed by atoms with Crippen molar-refractivity contribution in [1.82, 2.24) is 4.90 Å². The number of rotatable bonds is 7. The van der Waals surface area contributed by atoms with Gasteiger partial charge >= 0.3 is 0 Å². The standard InChI is InChI=1S/C14H23NO2/c1-4-12-5-7-13(8-6-12)9-15(2)10-14(16)11-17-3/h5-8,14,16H,4,9-11H2,1-3H3. The minimum absolute atomic E-state index is 0.388. The lowest BCUT2D eigenvalue weighted by Gasteiger charge is -2.20. The highest BCUT2D eigenvalue weighted by Gasteiger charge is 2.08. The molecule has 1 N–H and O–H groups in total. The Balaban J connectivity index is 2.41. The molecule has 0 spiro atoms. The van der Waals surface area contributed by atoms with Gasteiger partial charge in [0.05, 0.1) is 12.7 Å². The maximum absolute atomic E-state index is 9.61. The van der Waals surface area contributed by atoms with Gasteiger partial charge in [0.2, 0.25) is 0 Å². The topological polar surface area (TPSA) is 32.7 Å². The van der Waals surface area contributed by atoms with Crippen molar-refractivity contribution in [2.45, 2.75) is 26.0 Å². The predicted octanol–water partition coefficient (Wildman–Crippen LogP) is 1.69. The summed E-state index contributed by atoms with van der Waals surface area (Å²) in [6.45, 7) is 4.02. The summed E-state index contributed by atoms with van der Waals surface area (Å²) >= 11 is 0. The van der Waals surface area contributed by atoms with Gasteiger partial charge in [-0.25, -0.2) is 0 Å². The van der Waals surface area contributed by atoms with Crippen LogP contribution in [0.3, 0.4) is 0 Å². The molecule has 1 rings (SSSR count). The first-order valence-corrected chi connectivity index (χ1v) is 6.09. The summed E-state index contributed by atoms with van der Waals surface area (Å²) in [6, 6.07) is 8.62. The van der Waals surface area contributed by atoms with Crippen molar-refractivity contribution < 1.29 is 9.84 Å². The van der Waals surface area contributed by atoms with E-state index in [1.165, 1.54) is 11.1 Å². The van der Waals surface area contributed by atoms with Gasteiger partial charge in [0, 0.05) is 20.2 Å². The molecule has 0 saturated heterocycles. The number of methoxy groups -OCH3 is 1. The molecule has 1 aromatic carbocycles. The zero-order valence-electron chi connectivity index (χ0n) is 11.0. The molecule has 1 aromatic rings. The van der Waals surface area contributed by atoms with Crippen LogP contribution in [0.4, 0.5) is 0 Å². The van der Waals surface area contributed by atoms with Gasteiger partial charge < -0.3 is 9.84 Å². The normalized spacial score (nSPS) is 13.0. The quantitative estimate of drug-likeness (QED) is 0.783.